The Hall–Kier alpha value is -1.17. The zero-order valence-electron chi connectivity index (χ0n) is 31.4. The molecule has 0 aliphatic heterocycles. The Balaban J connectivity index is 3.67. The van der Waals surface area contributed by atoms with Gasteiger partial charge in [-0.2, -0.15) is 0 Å². The number of nitrogens with one attached hydrogen (secondary N) is 1. The molecule has 0 saturated heterocycles. The molecular formula is C42H81NO4. The third kappa shape index (κ3) is 33.1. The molecule has 0 aromatic rings. The lowest BCUT2D eigenvalue weighted by molar-refractivity contribution is -0.131. The van der Waals surface area contributed by atoms with Gasteiger partial charge in [-0.1, -0.05) is 192 Å². The van der Waals surface area contributed by atoms with Crippen LogP contribution in [0.5, 0.6) is 0 Å². The van der Waals surface area contributed by atoms with E-state index in [1.54, 1.807) is 6.08 Å². The van der Waals surface area contributed by atoms with Crippen molar-refractivity contribution in [2.45, 2.75) is 231 Å². The topological polar surface area (TPSA) is 89.8 Å². The van der Waals surface area contributed by atoms with Crippen LogP contribution < -0.4 is 5.32 Å². The number of unbranched alkanes of at least 4 members (excludes halogenated alkanes) is 27. The quantitative estimate of drug-likeness (QED) is 0.0393. The first-order valence-corrected chi connectivity index (χ1v) is 20.7. The van der Waals surface area contributed by atoms with Crippen molar-refractivity contribution in [2.24, 2.45) is 0 Å². The van der Waals surface area contributed by atoms with Crippen LogP contribution in [0.2, 0.25) is 0 Å². The Morgan fingerprint density at radius 1 is 0.511 bits per heavy atom. The van der Waals surface area contributed by atoms with Gasteiger partial charge in [-0.25, -0.2) is 0 Å². The molecule has 0 aliphatic rings. The summed E-state index contributed by atoms with van der Waals surface area (Å²) >= 11 is 0. The lowest BCUT2D eigenvalue weighted by atomic mass is 10.0. The van der Waals surface area contributed by atoms with Crippen LogP contribution in [0.25, 0.3) is 0 Å². The molecule has 0 aliphatic carbocycles. The lowest BCUT2D eigenvalue weighted by Gasteiger charge is -2.21. The predicted molar refractivity (Wildman–Crippen MR) is 204 cm³/mol. The molecule has 0 heterocycles. The van der Waals surface area contributed by atoms with E-state index in [0.29, 0.717) is 6.42 Å². The summed E-state index contributed by atoms with van der Waals surface area (Å²) in [5.74, 6) is -0.504. The molecule has 0 radical (unpaired) electrons. The maximum atomic E-state index is 12.4. The van der Waals surface area contributed by atoms with Crippen LogP contribution in [0.4, 0.5) is 0 Å². The molecule has 1 amide bonds. The van der Waals surface area contributed by atoms with Crippen LogP contribution in [-0.2, 0) is 4.79 Å². The summed E-state index contributed by atoms with van der Waals surface area (Å²) in [6, 6.07) is -0.794. The van der Waals surface area contributed by atoms with Crippen molar-refractivity contribution in [1.82, 2.24) is 5.32 Å². The van der Waals surface area contributed by atoms with Gasteiger partial charge in [0, 0.05) is 0 Å². The summed E-state index contributed by atoms with van der Waals surface area (Å²) in [6.07, 6.45) is 44.8. The standard InChI is InChI=1S/C42H81NO4/c1-3-5-7-9-11-13-15-17-18-19-20-21-22-23-25-27-29-31-33-35-37-41(46)42(47)43-39(38-44)40(45)36-34-32-30-28-26-24-16-14-12-10-8-6-4-2/h17-18,34,36,39-41,44-46H,3-16,19-33,35,37-38H2,1-2H3,(H,43,47)/b18-17-,36-34+. The van der Waals surface area contributed by atoms with Gasteiger partial charge in [-0.3, -0.25) is 4.79 Å². The van der Waals surface area contributed by atoms with E-state index >= 15 is 0 Å². The number of hydrogen-bond acceptors (Lipinski definition) is 4. The SMILES string of the molecule is CCCCCCCC/C=C\CCCCCCCCCCCCC(O)C(=O)NC(CO)C(O)/C=C/CCCCCCCCCCCCC. The minimum absolute atomic E-state index is 0.362. The van der Waals surface area contributed by atoms with Crippen molar-refractivity contribution in [2.75, 3.05) is 6.61 Å². The van der Waals surface area contributed by atoms with Crippen LogP contribution >= 0.6 is 0 Å². The second kappa shape index (κ2) is 37.6. The average molecular weight is 664 g/mol. The lowest BCUT2D eigenvalue weighted by Crippen LogP contribution is -2.48. The minimum atomic E-state index is -1.10. The van der Waals surface area contributed by atoms with Crippen molar-refractivity contribution in [3.63, 3.8) is 0 Å². The van der Waals surface area contributed by atoms with Gasteiger partial charge in [0.2, 0.25) is 5.91 Å². The van der Waals surface area contributed by atoms with Gasteiger partial charge in [-0.15, -0.1) is 0 Å². The molecule has 47 heavy (non-hydrogen) atoms. The highest BCUT2D eigenvalue weighted by molar-refractivity contribution is 5.80. The summed E-state index contributed by atoms with van der Waals surface area (Å²) in [7, 11) is 0. The van der Waals surface area contributed by atoms with E-state index in [4.69, 9.17) is 0 Å². The third-order valence-corrected chi connectivity index (χ3v) is 9.54. The van der Waals surface area contributed by atoms with Crippen LogP contribution in [0.1, 0.15) is 213 Å². The van der Waals surface area contributed by atoms with E-state index < -0.39 is 24.2 Å². The predicted octanol–water partition coefficient (Wildman–Crippen LogP) is 11.4. The third-order valence-electron chi connectivity index (χ3n) is 9.54. The van der Waals surface area contributed by atoms with E-state index in [0.717, 1.165) is 32.1 Å². The number of carbonyl (C=O) groups excluding carboxylic acids is 1. The van der Waals surface area contributed by atoms with Crippen molar-refractivity contribution in [3.8, 4) is 0 Å². The highest BCUT2D eigenvalue weighted by Crippen LogP contribution is 2.15. The van der Waals surface area contributed by atoms with Crippen LogP contribution in [0, 0.1) is 0 Å². The number of amides is 1. The maximum absolute atomic E-state index is 12.4. The van der Waals surface area contributed by atoms with Gasteiger partial charge < -0.3 is 20.6 Å². The van der Waals surface area contributed by atoms with Gasteiger partial charge in [0.1, 0.15) is 6.10 Å². The number of allylic oxidation sites excluding steroid dienone is 3. The molecule has 0 saturated carbocycles. The average Bonchev–Trinajstić information content (AvgIpc) is 3.07. The molecular weight excluding hydrogens is 582 g/mol. The van der Waals surface area contributed by atoms with Gasteiger partial charge in [0.05, 0.1) is 18.8 Å². The van der Waals surface area contributed by atoms with E-state index in [1.807, 2.05) is 6.08 Å². The molecule has 0 bridgehead atoms. The van der Waals surface area contributed by atoms with Crippen molar-refractivity contribution >= 4 is 5.91 Å². The fourth-order valence-electron chi connectivity index (χ4n) is 6.24. The Morgan fingerprint density at radius 3 is 1.23 bits per heavy atom. The fourth-order valence-corrected chi connectivity index (χ4v) is 6.24. The number of aliphatic hydroxyl groups is 3. The first kappa shape index (κ1) is 45.8. The summed E-state index contributed by atoms with van der Waals surface area (Å²) in [4.78, 5) is 12.4. The molecule has 0 fully saturated rings. The summed E-state index contributed by atoms with van der Waals surface area (Å²) in [6.45, 7) is 4.17. The fraction of sp³-hybridized carbons (Fsp3) is 0.881. The van der Waals surface area contributed by atoms with Gasteiger partial charge in [-0.05, 0) is 44.9 Å². The molecule has 0 spiro atoms. The largest absolute Gasteiger partial charge is 0.394 e. The second-order valence-corrected chi connectivity index (χ2v) is 14.2. The smallest absolute Gasteiger partial charge is 0.249 e. The summed E-state index contributed by atoms with van der Waals surface area (Å²) < 4.78 is 0. The molecule has 278 valence electrons. The summed E-state index contributed by atoms with van der Waals surface area (Å²) in [5.41, 5.74) is 0. The molecule has 0 aromatic carbocycles. The first-order chi connectivity index (χ1) is 23.1. The van der Waals surface area contributed by atoms with Crippen molar-refractivity contribution in [1.29, 1.82) is 0 Å². The number of aliphatic hydroxyl groups excluding tert-OH is 3. The number of carbonyl (C=O) groups is 1. The molecule has 4 N–H and O–H groups in total. The van der Waals surface area contributed by atoms with E-state index in [9.17, 15) is 20.1 Å². The normalized spacial score (nSPS) is 13.9. The molecule has 5 heteroatoms. The Bertz CT molecular complexity index is 694. The minimum Gasteiger partial charge on any atom is -0.394 e. The zero-order chi connectivity index (χ0) is 34.5. The summed E-state index contributed by atoms with van der Waals surface area (Å²) in [5, 5.41) is 33.0. The van der Waals surface area contributed by atoms with Crippen molar-refractivity contribution in [3.05, 3.63) is 24.3 Å². The number of hydrogen-bond donors (Lipinski definition) is 4. The van der Waals surface area contributed by atoms with Crippen LogP contribution in [0.15, 0.2) is 24.3 Å². The molecule has 3 atom stereocenters. The molecule has 5 nitrogen and oxygen atoms in total. The maximum Gasteiger partial charge on any atom is 0.249 e. The van der Waals surface area contributed by atoms with E-state index in [-0.39, 0.29) is 6.61 Å². The van der Waals surface area contributed by atoms with E-state index in [1.165, 1.54) is 161 Å². The Kier molecular flexibility index (Phi) is 36.7. The highest BCUT2D eigenvalue weighted by Gasteiger charge is 2.22. The van der Waals surface area contributed by atoms with Gasteiger partial charge in [0.15, 0.2) is 0 Å². The highest BCUT2D eigenvalue weighted by atomic mass is 16.3. The Morgan fingerprint density at radius 2 is 0.851 bits per heavy atom. The van der Waals surface area contributed by atoms with Crippen LogP contribution in [0.3, 0.4) is 0 Å². The Labute approximate surface area is 292 Å². The van der Waals surface area contributed by atoms with Gasteiger partial charge >= 0.3 is 0 Å². The van der Waals surface area contributed by atoms with E-state index in [2.05, 4.69) is 31.3 Å². The monoisotopic (exact) mass is 664 g/mol. The molecule has 0 aromatic heterocycles. The zero-order valence-corrected chi connectivity index (χ0v) is 31.4. The van der Waals surface area contributed by atoms with Gasteiger partial charge in [0.25, 0.3) is 0 Å². The first-order valence-electron chi connectivity index (χ1n) is 20.7. The molecule has 0 rings (SSSR count). The second-order valence-electron chi connectivity index (χ2n) is 14.2. The van der Waals surface area contributed by atoms with Crippen molar-refractivity contribution < 1.29 is 20.1 Å². The van der Waals surface area contributed by atoms with Crippen LogP contribution in [-0.4, -0.2) is 46.1 Å². The molecule has 3 unspecified atom stereocenters. The number of rotatable bonds is 37.